The molecule has 0 spiro atoms. The number of nitrogens with zero attached hydrogens (tertiary/aromatic N) is 9. The van der Waals surface area contributed by atoms with E-state index in [0.717, 1.165) is 59.5 Å². The van der Waals surface area contributed by atoms with E-state index in [1.165, 1.54) is 0 Å². The van der Waals surface area contributed by atoms with Gasteiger partial charge in [0.1, 0.15) is 17.1 Å². The Morgan fingerprint density at radius 2 is 1.27 bits per heavy atom. The van der Waals surface area contributed by atoms with E-state index in [9.17, 15) is 14.4 Å². The highest BCUT2D eigenvalue weighted by Crippen LogP contribution is 2.34. The molecule has 2 atom stereocenters. The summed E-state index contributed by atoms with van der Waals surface area (Å²) in [5, 5.41) is 3.35. The maximum absolute atomic E-state index is 13.1. The molecule has 2 aromatic carbocycles. The van der Waals surface area contributed by atoms with Gasteiger partial charge in [-0.1, -0.05) is 0 Å². The van der Waals surface area contributed by atoms with E-state index in [0.29, 0.717) is 38.5 Å². The summed E-state index contributed by atoms with van der Waals surface area (Å²) < 4.78 is 20.5. The Hall–Kier alpha value is -5.77. The van der Waals surface area contributed by atoms with Crippen LogP contribution >= 0.6 is 0 Å². The third-order valence-corrected chi connectivity index (χ3v) is 10.2. The number of rotatable bonds is 6. The molecule has 4 aliphatic heterocycles. The Morgan fingerprint density at radius 3 is 1.75 bits per heavy atom. The molecule has 2 unspecified atom stereocenters. The van der Waals surface area contributed by atoms with Crippen molar-refractivity contribution in [1.29, 1.82) is 0 Å². The molecule has 0 saturated carbocycles. The van der Waals surface area contributed by atoms with Crippen LogP contribution in [0.3, 0.4) is 0 Å². The van der Waals surface area contributed by atoms with Crippen LogP contribution < -0.4 is 24.6 Å². The Kier molecular flexibility index (Phi) is 10.4. The molecule has 8 rings (SSSR count). The third-order valence-electron chi connectivity index (χ3n) is 10.2. The first-order chi connectivity index (χ1) is 26.3. The summed E-state index contributed by atoms with van der Waals surface area (Å²) in [5.41, 5.74) is 4.71. The number of urea groups is 2. The summed E-state index contributed by atoms with van der Waals surface area (Å²) in [4.78, 5) is 55.8. The van der Waals surface area contributed by atoms with Crippen LogP contribution in [0.4, 0.5) is 25.8 Å². The number of hydrogen-bond acceptors (Lipinski definition) is 9. The molecule has 55 heavy (non-hydrogen) atoms. The average Bonchev–Trinajstić information content (AvgIpc) is 3.96. The lowest BCUT2D eigenvalue weighted by Crippen LogP contribution is -2.54. The van der Waals surface area contributed by atoms with Gasteiger partial charge < -0.3 is 43.4 Å². The fraction of sp³-hybridized carbons (Fsp3) is 0.462. The predicted octanol–water partition coefficient (Wildman–Crippen LogP) is 4.45. The minimum absolute atomic E-state index is 0.0536. The molecule has 16 heteroatoms. The fourth-order valence-electron chi connectivity index (χ4n) is 7.45. The van der Waals surface area contributed by atoms with Crippen molar-refractivity contribution in [3.63, 3.8) is 0 Å². The molecule has 4 saturated heterocycles. The molecular weight excluding hydrogens is 704 g/mol. The molecule has 4 aliphatic rings. The van der Waals surface area contributed by atoms with Gasteiger partial charge in [-0.05, 0) is 58.9 Å². The van der Waals surface area contributed by atoms with Gasteiger partial charge in [0.15, 0.2) is 0 Å². The number of carbonyl (C=O) groups is 3. The highest BCUT2D eigenvalue weighted by molar-refractivity contribution is 5.96. The molecule has 1 N–H and O–H groups in total. The van der Waals surface area contributed by atoms with Crippen molar-refractivity contribution in [3.8, 4) is 22.9 Å². The van der Waals surface area contributed by atoms with E-state index in [1.807, 2.05) is 107 Å². The standard InChI is InChI=1S/C22H29N5O4.C17H21N5O2/c1-15-11-25(14-23-15)18-7-6-16(10-19(18)30-5)27-13-17-12-24(8-9-26(17)20(27)28)21(29)31-22(2,3)4;1-12-9-20(11-19-12)15-4-3-13(7-16(15)24-2)22-10-14-8-18-5-6-21(14)17(22)23/h6-7,10-11,14,17H,8-9,12-13H2,1-5H3;3-4,7,9,11,14,18H,5-6,8,10H2,1-2H3. The maximum Gasteiger partial charge on any atom is 0.410 e. The first-order valence-corrected chi connectivity index (χ1v) is 18.6. The molecule has 16 nitrogen and oxygen atoms in total. The normalized spacial score (nSPS) is 19.6. The number of carbonyl (C=O) groups excluding carboxylic acids is 3. The van der Waals surface area contributed by atoms with Gasteiger partial charge in [0.2, 0.25) is 0 Å². The van der Waals surface area contributed by atoms with Crippen LogP contribution in [0.2, 0.25) is 0 Å². The SMILES string of the molecule is COc1cc(N2CC3CN(C(=O)OC(C)(C)C)CCN3C2=O)ccc1-n1cnc(C)c1.COc1cc(N2CC3CNCCN3C2=O)ccc1-n1cnc(C)c1. The molecule has 292 valence electrons. The number of aromatic nitrogens is 4. The lowest BCUT2D eigenvalue weighted by molar-refractivity contribution is 0.0128. The van der Waals surface area contributed by atoms with Crippen LogP contribution in [0, 0.1) is 13.8 Å². The molecule has 6 heterocycles. The van der Waals surface area contributed by atoms with Gasteiger partial charge in [0, 0.05) is 88.3 Å². The zero-order valence-corrected chi connectivity index (χ0v) is 32.6. The number of ether oxygens (including phenoxy) is 3. The van der Waals surface area contributed by atoms with E-state index in [1.54, 1.807) is 36.7 Å². The summed E-state index contributed by atoms with van der Waals surface area (Å²) in [7, 11) is 3.26. The van der Waals surface area contributed by atoms with Crippen molar-refractivity contribution >= 4 is 29.5 Å². The van der Waals surface area contributed by atoms with Gasteiger partial charge in [0.05, 0.1) is 61.7 Å². The van der Waals surface area contributed by atoms with E-state index in [-0.39, 0.29) is 30.2 Å². The maximum atomic E-state index is 13.1. The number of hydrogen-bond donors (Lipinski definition) is 1. The fourth-order valence-corrected chi connectivity index (χ4v) is 7.45. The van der Waals surface area contributed by atoms with Gasteiger partial charge >= 0.3 is 18.2 Å². The van der Waals surface area contributed by atoms with Crippen LogP contribution in [0.15, 0.2) is 61.4 Å². The average molecular weight is 755 g/mol. The quantitative estimate of drug-likeness (QED) is 0.302. The van der Waals surface area contributed by atoms with Crippen LogP contribution in [-0.4, -0.2) is 136 Å². The van der Waals surface area contributed by atoms with Crippen molar-refractivity contribution in [1.82, 2.24) is 39.1 Å². The Morgan fingerprint density at radius 1 is 0.745 bits per heavy atom. The van der Waals surface area contributed by atoms with Gasteiger partial charge in [-0.25, -0.2) is 24.4 Å². The molecule has 0 bridgehead atoms. The Bertz CT molecular complexity index is 2060. The first kappa shape index (κ1) is 37.5. The Balaban J connectivity index is 0.000000174. The van der Waals surface area contributed by atoms with Gasteiger partial charge in [0.25, 0.3) is 0 Å². The number of aryl methyl sites for hydroxylation is 2. The lowest BCUT2D eigenvalue weighted by Gasteiger charge is -2.36. The van der Waals surface area contributed by atoms with Crippen molar-refractivity contribution in [2.45, 2.75) is 52.3 Å². The van der Waals surface area contributed by atoms with Crippen molar-refractivity contribution in [2.75, 3.05) is 76.4 Å². The lowest BCUT2D eigenvalue weighted by atomic mass is 10.2. The second-order valence-corrected chi connectivity index (χ2v) is 15.2. The molecule has 0 radical (unpaired) electrons. The molecule has 4 fully saturated rings. The van der Waals surface area contributed by atoms with Gasteiger partial charge in [-0.3, -0.25) is 9.80 Å². The number of fused-ring (bicyclic) bond motifs is 2. The summed E-state index contributed by atoms with van der Waals surface area (Å²) in [6, 6.07) is 11.8. The third kappa shape index (κ3) is 7.76. The minimum atomic E-state index is -0.544. The summed E-state index contributed by atoms with van der Waals surface area (Å²) in [6.45, 7) is 14.5. The summed E-state index contributed by atoms with van der Waals surface area (Å²) >= 11 is 0. The second-order valence-electron chi connectivity index (χ2n) is 15.2. The minimum Gasteiger partial charge on any atom is -0.494 e. The molecule has 0 aliphatic carbocycles. The smallest absolute Gasteiger partial charge is 0.410 e. The number of imidazole rings is 2. The van der Waals surface area contributed by atoms with Crippen LogP contribution in [0.25, 0.3) is 11.4 Å². The van der Waals surface area contributed by atoms with E-state index >= 15 is 0 Å². The number of benzene rings is 2. The predicted molar refractivity (Wildman–Crippen MR) is 207 cm³/mol. The molecular formula is C39H50N10O6. The van der Waals surface area contributed by atoms with Crippen LogP contribution in [-0.2, 0) is 4.74 Å². The summed E-state index contributed by atoms with van der Waals surface area (Å²) in [6.07, 6.45) is 7.04. The van der Waals surface area contributed by atoms with Crippen molar-refractivity contribution in [2.24, 2.45) is 0 Å². The van der Waals surface area contributed by atoms with Crippen molar-refractivity contribution < 1.29 is 28.6 Å². The zero-order chi connectivity index (χ0) is 39.0. The first-order valence-electron chi connectivity index (χ1n) is 18.6. The Labute approximate surface area is 321 Å². The number of amides is 5. The molecule has 2 aromatic heterocycles. The highest BCUT2D eigenvalue weighted by Gasteiger charge is 2.43. The number of anilines is 2. The largest absolute Gasteiger partial charge is 0.494 e. The van der Waals surface area contributed by atoms with E-state index < -0.39 is 5.60 Å². The van der Waals surface area contributed by atoms with Gasteiger partial charge in [-0.2, -0.15) is 0 Å². The number of nitrogens with one attached hydrogen (secondary N) is 1. The summed E-state index contributed by atoms with van der Waals surface area (Å²) in [5.74, 6) is 1.38. The number of piperazine rings is 2. The van der Waals surface area contributed by atoms with E-state index in [2.05, 4.69) is 15.3 Å². The monoisotopic (exact) mass is 754 g/mol. The van der Waals surface area contributed by atoms with Gasteiger partial charge in [-0.15, -0.1) is 0 Å². The van der Waals surface area contributed by atoms with Crippen LogP contribution in [0.5, 0.6) is 11.5 Å². The van der Waals surface area contributed by atoms with E-state index in [4.69, 9.17) is 14.2 Å². The van der Waals surface area contributed by atoms with Crippen LogP contribution in [0.1, 0.15) is 32.2 Å². The second kappa shape index (κ2) is 15.2. The number of methoxy groups -OCH3 is 2. The highest BCUT2D eigenvalue weighted by atomic mass is 16.6. The molecule has 5 amide bonds. The van der Waals surface area contributed by atoms with Crippen molar-refractivity contribution in [3.05, 3.63) is 72.8 Å². The zero-order valence-electron chi connectivity index (χ0n) is 32.6. The topological polar surface area (TPSA) is 143 Å². The molecule has 4 aromatic rings.